The number of hydrogen-bond acceptors (Lipinski definition) is 6. The van der Waals surface area contributed by atoms with Crippen molar-refractivity contribution in [1.29, 1.82) is 0 Å². The Balaban J connectivity index is 1.31. The number of benzene rings is 2. The molecular formula is C30H32N6O3. The number of fused-ring (bicyclic) bond motifs is 2. The van der Waals surface area contributed by atoms with Crippen LogP contribution in [0.1, 0.15) is 27.9 Å². The lowest BCUT2D eigenvalue weighted by atomic mass is 9.94. The maximum absolute atomic E-state index is 12.3. The number of methoxy groups -OCH3 is 1. The Morgan fingerprint density at radius 2 is 1.95 bits per heavy atom. The Morgan fingerprint density at radius 1 is 1.15 bits per heavy atom. The molecule has 4 heterocycles. The van der Waals surface area contributed by atoms with Crippen LogP contribution in [0.2, 0.25) is 0 Å². The van der Waals surface area contributed by atoms with E-state index in [1.807, 2.05) is 48.5 Å². The number of likely N-dealkylation sites (N-methyl/N-ethyl adjacent to an activating group) is 1. The van der Waals surface area contributed by atoms with Gasteiger partial charge in [0.2, 0.25) is 5.91 Å². The Labute approximate surface area is 227 Å². The lowest BCUT2D eigenvalue weighted by molar-refractivity contribution is -0.126. The summed E-state index contributed by atoms with van der Waals surface area (Å²) in [6.07, 6.45) is 5.16. The molecule has 200 valence electrons. The van der Waals surface area contributed by atoms with Crippen LogP contribution in [0.15, 0.2) is 48.8 Å². The number of amides is 2. The van der Waals surface area contributed by atoms with E-state index >= 15 is 0 Å². The minimum Gasteiger partial charge on any atom is -0.496 e. The van der Waals surface area contributed by atoms with Gasteiger partial charge < -0.3 is 19.5 Å². The molecule has 39 heavy (non-hydrogen) atoms. The number of carbonyl (C=O) groups is 2. The first-order chi connectivity index (χ1) is 18.8. The zero-order chi connectivity index (χ0) is 27.3. The van der Waals surface area contributed by atoms with Crippen LogP contribution in [0.3, 0.4) is 0 Å². The molecule has 0 aliphatic carbocycles. The van der Waals surface area contributed by atoms with Crippen molar-refractivity contribution in [2.24, 2.45) is 0 Å². The van der Waals surface area contributed by atoms with Crippen molar-refractivity contribution >= 4 is 23.0 Å². The highest BCUT2D eigenvalue weighted by Gasteiger charge is 2.34. The molecule has 2 aromatic carbocycles. The van der Waals surface area contributed by atoms with Crippen LogP contribution in [-0.2, 0) is 17.8 Å². The van der Waals surface area contributed by atoms with Gasteiger partial charge in [-0.05, 0) is 41.8 Å². The van der Waals surface area contributed by atoms with Gasteiger partial charge in [-0.25, -0.2) is 9.97 Å². The summed E-state index contributed by atoms with van der Waals surface area (Å²) in [5, 5.41) is 0. The number of aromatic amines is 1. The van der Waals surface area contributed by atoms with Gasteiger partial charge in [-0.2, -0.15) is 0 Å². The van der Waals surface area contributed by atoms with Gasteiger partial charge in [-0.1, -0.05) is 12.1 Å². The summed E-state index contributed by atoms with van der Waals surface area (Å²) in [6.45, 7) is 2.45. The number of H-pyrrole nitrogens is 1. The van der Waals surface area contributed by atoms with Crippen LogP contribution in [0, 0.1) is 0 Å². The van der Waals surface area contributed by atoms with E-state index in [9.17, 15) is 9.59 Å². The van der Waals surface area contributed by atoms with E-state index in [-0.39, 0.29) is 17.9 Å². The van der Waals surface area contributed by atoms with Crippen molar-refractivity contribution in [3.8, 4) is 28.1 Å². The molecule has 0 spiro atoms. The van der Waals surface area contributed by atoms with Gasteiger partial charge >= 0.3 is 0 Å². The highest BCUT2D eigenvalue weighted by Crippen LogP contribution is 2.36. The number of carbonyl (C=O) groups excluding carboxylic acids is 2. The summed E-state index contributed by atoms with van der Waals surface area (Å²) < 4.78 is 5.85. The van der Waals surface area contributed by atoms with E-state index < -0.39 is 0 Å². The smallest absolute Gasteiger partial charge is 0.253 e. The number of ether oxygens (including phenoxy) is 1. The molecule has 1 N–H and O–H groups in total. The summed E-state index contributed by atoms with van der Waals surface area (Å²) in [5.74, 6) is 1.02. The summed E-state index contributed by atoms with van der Waals surface area (Å²) in [5.41, 5.74) is 8.17. The lowest BCUT2D eigenvalue weighted by Crippen LogP contribution is -2.40. The molecule has 9 nitrogen and oxygen atoms in total. The van der Waals surface area contributed by atoms with Crippen LogP contribution in [0.4, 0.5) is 0 Å². The van der Waals surface area contributed by atoms with Crippen LogP contribution in [0.5, 0.6) is 5.75 Å². The fourth-order valence-electron chi connectivity index (χ4n) is 5.68. The number of nitrogens with one attached hydrogen (secondary N) is 1. The van der Waals surface area contributed by atoms with Gasteiger partial charge in [0.05, 0.1) is 19.0 Å². The minimum atomic E-state index is -0.0314. The second-order valence-corrected chi connectivity index (χ2v) is 10.6. The fraction of sp³-hybridized carbons (Fsp3) is 0.333. The maximum atomic E-state index is 12.3. The van der Waals surface area contributed by atoms with Crippen LogP contribution in [-0.4, -0.2) is 88.9 Å². The molecule has 2 aliphatic heterocycles. The number of nitrogens with zero attached hydrogens (tertiary/aromatic N) is 5. The van der Waals surface area contributed by atoms with E-state index in [2.05, 4.69) is 20.9 Å². The van der Waals surface area contributed by atoms with Crippen molar-refractivity contribution in [3.63, 3.8) is 0 Å². The SMILES string of the molecule is COc1cc(-c2cnc3[nH]cc(-c4ccc(C(=O)N(C)C)cc4)c3n2)cc2c1CN(C1CC(=O)N(C)C1)CC2. The Morgan fingerprint density at radius 3 is 2.64 bits per heavy atom. The summed E-state index contributed by atoms with van der Waals surface area (Å²) in [4.78, 5) is 43.1. The van der Waals surface area contributed by atoms with E-state index in [4.69, 9.17) is 9.72 Å². The van der Waals surface area contributed by atoms with E-state index in [1.165, 1.54) is 11.1 Å². The van der Waals surface area contributed by atoms with E-state index in [0.29, 0.717) is 17.6 Å². The lowest BCUT2D eigenvalue weighted by Gasteiger charge is -2.34. The Bertz CT molecular complexity index is 1560. The van der Waals surface area contributed by atoms with Gasteiger partial charge in [0.15, 0.2) is 5.65 Å². The van der Waals surface area contributed by atoms with Gasteiger partial charge in [0.25, 0.3) is 5.91 Å². The normalized spacial score (nSPS) is 17.5. The van der Waals surface area contributed by atoms with Crippen LogP contribution < -0.4 is 4.74 Å². The quantitative estimate of drug-likeness (QED) is 0.429. The largest absolute Gasteiger partial charge is 0.496 e. The molecule has 1 fully saturated rings. The molecule has 9 heteroatoms. The van der Waals surface area contributed by atoms with Crippen molar-refractivity contribution in [1.82, 2.24) is 29.7 Å². The molecule has 0 saturated carbocycles. The molecule has 2 amide bonds. The van der Waals surface area contributed by atoms with Crippen molar-refractivity contribution in [3.05, 3.63) is 65.5 Å². The molecule has 2 aliphatic rings. The third-order valence-corrected chi connectivity index (χ3v) is 7.91. The standard InChI is InChI=1S/C30H32N6O3/c1-34(2)30(38)19-7-5-18(6-8-19)23-14-31-29-28(23)33-25(15-32-29)21-11-20-9-10-36(17-24(20)26(12-21)39-4)22-13-27(37)35(3)16-22/h5-8,11-12,14-15,22H,9-10,13,16-17H2,1-4H3,(H,31,32). The first-order valence-electron chi connectivity index (χ1n) is 13.2. The zero-order valence-electron chi connectivity index (χ0n) is 22.7. The van der Waals surface area contributed by atoms with Gasteiger partial charge in [-0.3, -0.25) is 14.5 Å². The van der Waals surface area contributed by atoms with Gasteiger partial charge in [0.1, 0.15) is 11.3 Å². The Hall–Kier alpha value is -4.24. The molecule has 4 aromatic rings. The van der Waals surface area contributed by atoms with Crippen molar-refractivity contribution in [2.45, 2.75) is 25.4 Å². The number of rotatable bonds is 5. The molecular weight excluding hydrogens is 492 g/mol. The molecule has 0 radical (unpaired) electrons. The van der Waals surface area contributed by atoms with E-state index in [0.717, 1.165) is 59.7 Å². The fourth-order valence-corrected chi connectivity index (χ4v) is 5.68. The molecule has 2 aromatic heterocycles. The van der Waals surface area contributed by atoms with Crippen LogP contribution >= 0.6 is 0 Å². The predicted molar refractivity (Wildman–Crippen MR) is 149 cm³/mol. The summed E-state index contributed by atoms with van der Waals surface area (Å²) in [7, 11) is 7.07. The molecule has 1 atom stereocenters. The Kier molecular flexibility index (Phi) is 6.31. The van der Waals surface area contributed by atoms with Crippen LogP contribution in [0.25, 0.3) is 33.5 Å². The monoisotopic (exact) mass is 524 g/mol. The maximum Gasteiger partial charge on any atom is 0.253 e. The number of hydrogen-bond donors (Lipinski definition) is 1. The van der Waals surface area contributed by atoms with Crippen molar-refractivity contribution < 1.29 is 14.3 Å². The first kappa shape index (κ1) is 25.1. The second kappa shape index (κ2) is 9.81. The second-order valence-electron chi connectivity index (χ2n) is 10.6. The van der Waals surface area contributed by atoms with Crippen molar-refractivity contribution in [2.75, 3.05) is 41.3 Å². The molecule has 1 saturated heterocycles. The van der Waals surface area contributed by atoms with E-state index in [1.54, 1.807) is 32.3 Å². The average molecular weight is 525 g/mol. The number of aromatic nitrogens is 3. The van der Waals surface area contributed by atoms with Gasteiger partial charge in [0, 0.05) is 81.7 Å². The molecule has 6 rings (SSSR count). The number of likely N-dealkylation sites (tertiary alicyclic amines) is 1. The summed E-state index contributed by atoms with van der Waals surface area (Å²) >= 11 is 0. The third-order valence-electron chi connectivity index (χ3n) is 7.91. The topological polar surface area (TPSA) is 94.7 Å². The molecule has 1 unspecified atom stereocenters. The zero-order valence-corrected chi connectivity index (χ0v) is 22.7. The summed E-state index contributed by atoms with van der Waals surface area (Å²) in [6, 6.07) is 12.0. The van der Waals surface area contributed by atoms with Gasteiger partial charge in [-0.15, -0.1) is 0 Å². The third kappa shape index (κ3) is 4.52. The predicted octanol–water partition coefficient (Wildman–Crippen LogP) is 3.59. The highest BCUT2D eigenvalue weighted by molar-refractivity contribution is 5.96. The molecule has 0 bridgehead atoms. The highest BCUT2D eigenvalue weighted by atomic mass is 16.5. The minimum absolute atomic E-state index is 0.0314. The average Bonchev–Trinajstić information content (AvgIpc) is 3.53. The first-order valence-corrected chi connectivity index (χ1v) is 13.2.